The molecule has 0 saturated carbocycles. The van der Waals surface area contributed by atoms with E-state index in [-0.39, 0.29) is 0 Å². The number of hydrogen-bond acceptors (Lipinski definition) is 2. The molecule has 0 aromatic carbocycles. The van der Waals surface area contributed by atoms with Crippen LogP contribution in [0.2, 0.25) is 0 Å². The first-order chi connectivity index (χ1) is 2.91. The van der Waals surface area contributed by atoms with E-state index in [1.807, 2.05) is 0 Å². The molecule has 0 aliphatic heterocycles. The molecule has 0 unspecified atom stereocenters. The summed E-state index contributed by atoms with van der Waals surface area (Å²) in [5, 5.41) is 0. The Morgan fingerprint density at radius 1 is 1.80 bits per heavy atom. The Morgan fingerprint density at radius 3 is 2.80 bits per heavy atom. The standard InChI is InChI=1S/H8O2Si3/c3-1-5-2-4/h5H2,3-4H3/i3D. The fourth-order valence-electron chi connectivity index (χ4n) is 0.0833. The second-order valence-corrected chi connectivity index (χ2v) is 4.79. The maximum atomic E-state index is 6.59. The van der Waals surface area contributed by atoms with Gasteiger partial charge in [0.25, 0.3) is 10.0 Å². The average Bonchev–Trinajstić information content (AvgIpc) is 1.61. The molecule has 0 aromatic heterocycles. The highest BCUT2D eigenvalue weighted by atomic mass is 28.3. The number of hydrogen-bond donors (Lipinski definition) is 0. The fourth-order valence-corrected chi connectivity index (χ4v) is 2.25. The van der Waals surface area contributed by atoms with E-state index in [0.29, 0.717) is 0 Å². The van der Waals surface area contributed by atoms with Gasteiger partial charge < -0.3 is 8.23 Å². The summed E-state index contributed by atoms with van der Waals surface area (Å²) in [4.78, 5) is 0. The third-order valence-electron chi connectivity index (χ3n) is 0.201. The molecule has 0 aliphatic rings. The van der Waals surface area contributed by atoms with Crippen LogP contribution in [0.1, 0.15) is 0 Å². The van der Waals surface area contributed by atoms with Crippen molar-refractivity contribution in [3.8, 4) is 0 Å². The lowest BCUT2D eigenvalue weighted by Crippen LogP contribution is -1.96. The molecule has 0 aromatic rings. The first kappa shape index (κ1) is 3.75. The molecule has 5 heteroatoms. The lowest BCUT2D eigenvalue weighted by atomic mass is 15.8. The van der Waals surface area contributed by atoms with Gasteiger partial charge in [-0.05, 0) is 0 Å². The lowest BCUT2D eigenvalue weighted by molar-refractivity contribution is 0.513. The second kappa shape index (κ2) is 4.57. The SMILES string of the molecule is [2H][SiH2]O[SiH2]O[SiH3]. The molecular formula is H8O2Si3. The molecule has 0 spiro atoms. The summed E-state index contributed by atoms with van der Waals surface area (Å²) in [6.45, 7) is 0. The van der Waals surface area contributed by atoms with Gasteiger partial charge in [0.15, 0.2) is 0 Å². The summed E-state index contributed by atoms with van der Waals surface area (Å²) in [6, 6.07) is 0. The first-order valence-electron chi connectivity index (χ1n) is 1.98. The van der Waals surface area contributed by atoms with Crippen molar-refractivity contribution in [3.63, 3.8) is 0 Å². The van der Waals surface area contributed by atoms with Crippen molar-refractivity contribution in [1.29, 1.82) is 1.23 Å². The Bertz CT molecular complexity index is 20.8. The summed E-state index contributed by atoms with van der Waals surface area (Å²) in [5.41, 5.74) is 0. The van der Waals surface area contributed by atoms with Gasteiger partial charge in [-0.3, -0.25) is 0 Å². The van der Waals surface area contributed by atoms with Gasteiger partial charge in [-0.15, -0.1) is 0 Å². The van der Waals surface area contributed by atoms with Crippen molar-refractivity contribution in [3.05, 3.63) is 0 Å². The smallest absolute Gasteiger partial charge is 0.282 e. The molecule has 0 aliphatic carbocycles. The van der Waals surface area contributed by atoms with E-state index in [1.54, 1.807) is 0 Å². The van der Waals surface area contributed by atoms with Crippen LogP contribution in [0.15, 0.2) is 0 Å². The van der Waals surface area contributed by atoms with Crippen LogP contribution in [0.3, 0.4) is 0 Å². The Labute approximate surface area is 41.2 Å². The normalized spacial score (nSPS) is 16.4. The van der Waals surface area contributed by atoms with Crippen molar-refractivity contribution in [1.82, 2.24) is 0 Å². The highest BCUT2D eigenvalue weighted by Crippen LogP contribution is 1.52. The third kappa shape index (κ3) is 4.57. The predicted octanol–water partition coefficient (Wildman–Crippen LogP) is -3.42. The van der Waals surface area contributed by atoms with Gasteiger partial charge in [0.2, 0.25) is 0 Å². The van der Waals surface area contributed by atoms with Gasteiger partial charge in [-0.25, -0.2) is 0 Å². The molecule has 0 heterocycles. The van der Waals surface area contributed by atoms with E-state index >= 15 is 0 Å². The Morgan fingerprint density at radius 2 is 2.60 bits per heavy atom. The minimum atomic E-state index is -0.888. The largest absolute Gasteiger partial charge is 0.449 e. The van der Waals surface area contributed by atoms with E-state index in [2.05, 4.69) is 0 Å². The number of rotatable bonds is 3. The van der Waals surface area contributed by atoms with Crippen molar-refractivity contribution >= 4 is 30.9 Å². The Hall–Kier alpha value is 0.571. The molecule has 0 N–H and O–H groups in total. The van der Waals surface area contributed by atoms with Crippen LogP contribution < -0.4 is 0 Å². The van der Waals surface area contributed by atoms with E-state index in [4.69, 9.17) is 9.47 Å². The van der Waals surface area contributed by atoms with Gasteiger partial charge in [0.1, 0.15) is 20.9 Å². The van der Waals surface area contributed by atoms with E-state index in [0.717, 1.165) is 10.5 Å². The predicted molar refractivity (Wildman–Crippen MR) is 30.6 cm³/mol. The zero-order valence-electron chi connectivity index (χ0n) is 4.23. The Kier molecular flexibility index (Phi) is 3.43. The zero-order chi connectivity index (χ0) is 4.83. The molecule has 0 atom stereocenters. The van der Waals surface area contributed by atoms with Crippen LogP contribution in [-0.4, -0.2) is 32.1 Å². The van der Waals surface area contributed by atoms with Crippen LogP contribution in [0.4, 0.5) is 0 Å². The summed E-state index contributed by atoms with van der Waals surface area (Å²) in [6.07, 6.45) is 0. The molecule has 0 fully saturated rings. The highest BCUT2D eigenvalue weighted by Gasteiger charge is 1.66. The molecule has 0 saturated heterocycles. The van der Waals surface area contributed by atoms with Crippen molar-refractivity contribution in [2.75, 3.05) is 0 Å². The van der Waals surface area contributed by atoms with Gasteiger partial charge in [-0.1, -0.05) is 0 Å². The summed E-state index contributed by atoms with van der Waals surface area (Å²) < 4.78 is 16.1. The lowest BCUT2D eigenvalue weighted by Gasteiger charge is -1.87. The maximum absolute atomic E-state index is 6.59. The van der Waals surface area contributed by atoms with Gasteiger partial charge in [0.05, 0.1) is 0 Å². The zero-order valence-corrected chi connectivity index (χ0v) is 8.06. The highest BCUT2D eigenvalue weighted by molar-refractivity contribution is 6.33. The quantitative estimate of drug-likeness (QED) is 0.289. The van der Waals surface area contributed by atoms with Crippen LogP contribution in [0, 0.1) is 0 Å². The average molecular weight is 125 g/mol. The van der Waals surface area contributed by atoms with Crippen molar-refractivity contribution < 1.29 is 8.23 Å². The summed E-state index contributed by atoms with van der Waals surface area (Å²) in [7, 11) is -0.752. The third-order valence-corrected chi connectivity index (χ3v) is 1.81. The minimum Gasteiger partial charge on any atom is -0.449 e. The fraction of sp³-hybridized carbons (Fsp3) is 0. The van der Waals surface area contributed by atoms with E-state index in [9.17, 15) is 0 Å². The van der Waals surface area contributed by atoms with Crippen LogP contribution in [0.25, 0.3) is 0 Å². The topological polar surface area (TPSA) is 18.5 Å². The molecule has 0 radical (unpaired) electrons. The molecular weight excluding hydrogens is 116 g/mol. The van der Waals surface area contributed by atoms with E-state index < -0.39 is 20.4 Å². The van der Waals surface area contributed by atoms with E-state index in [1.165, 1.54) is 0 Å². The molecule has 0 rings (SSSR count). The first-order valence-corrected chi connectivity index (χ1v) is 3.82. The van der Waals surface area contributed by atoms with Crippen LogP contribution >= 0.6 is 0 Å². The monoisotopic (exact) mass is 125 g/mol. The summed E-state index contributed by atoms with van der Waals surface area (Å²) in [5.74, 6) is 0. The minimum absolute atomic E-state index is 0.642. The molecule has 0 bridgehead atoms. The molecule has 0 amide bonds. The maximum Gasteiger partial charge on any atom is 0.282 e. The van der Waals surface area contributed by atoms with Crippen molar-refractivity contribution in [2.24, 2.45) is 0 Å². The van der Waals surface area contributed by atoms with Crippen molar-refractivity contribution in [2.45, 2.75) is 0 Å². The second-order valence-electron chi connectivity index (χ2n) is 0.611. The van der Waals surface area contributed by atoms with Gasteiger partial charge in [0, 0.05) is 1.23 Å². The molecule has 2 nitrogen and oxygen atoms in total. The summed E-state index contributed by atoms with van der Waals surface area (Å²) >= 11 is 0. The van der Waals surface area contributed by atoms with Crippen LogP contribution in [0.5, 0.6) is 0 Å². The van der Waals surface area contributed by atoms with Gasteiger partial charge >= 0.3 is 0 Å². The molecule has 32 valence electrons. The van der Waals surface area contributed by atoms with Gasteiger partial charge in [-0.2, -0.15) is 0 Å². The Balaban J connectivity index is 2.34. The molecule has 5 heavy (non-hydrogen) atoms. The van der Waals surface area contributed by atoms with Crippen LogP contribution in [-0.2, 0) is 8.23 Å².